The lowest BCUT2D eigenvalue weighted by Gasteiger charge is -2.12. The fourth-order valence-corrected chi connectivity index (χ4v) is 4.12. The molecule has 0 unspecified atom stereocenters. The van der Waals surface area contributed by atoms with E-state index in [0.717, 1.165) is 11.6 Å². The van der Waals surface area contributed by atoms with E-state index in [1.54, 1.807) is 29.8 Å². The third kappa shape index (κ3) is 5.47. The zero-order chi connectivity index (χ0) is 28.3. The molecule has 3 heterocycles. The Morgan fingerprint density at radius 2 is 1.80 bits per heavy atom. The van der Waals surface area contributed by atoms with Crippen molar-refractivity contribution in [2.24, 2.45) is 0 Å². The standard InChI is InChI=1S/C28H22F3N5O4/c1-18-26(27(34-40-18)20-5-3-2-4-6-20)23-14-35(21-8-10-22(11-9-21)36(37)38)25(33-23)16-39-15-19-7-12-24(32-13-19)28(30,31)17-29/h2-14H,15-17H2,1H3. The lowest BCUT2D eigenvalue weighted by Crippen LogP contribution is -2.17. The number of pyridine rings is 1. The topological polar surface area (TPSA) is 109 Å². The van der Waals surface area contributed by atoms with Crippen molar-refractivity contribution in [1.82, 2.24) is 19.7 Å². The van der Waals surface area contributed by atoms with Gasteiger partial charge in [0.1, 0.15) is 29.6 Å². The number of hydrogen-bond acceptors (Lipinski definition) is 7. The van der Waals surface area contributed by atoms with Gasteiger partial charge < -0.3 is 13.8 Å². The van der Waals surface area contributed by atoms with Gasteiger partial charge >= 0.3 is 5.92 Å². The van der Waals surface area contributed by atoms with Crippen molar-refractivity contribution in [3.8, 4) is 28.2 Å². The lowest BCUT2D eigenvalue weighted by atomic mass is 10.0. The van der Waals surface area contributed by atoms with Crippen LogP contribution in [0.4, 0.5) is 18.9 Å². The van der Waals surface area contributed by atoms with Crippen LogP contribution in [0, 0.1) is 17.0 Å². The first-order chi connectivity index (χ1) is 19.3. The van der Waals surface area contributed by atoms with E-state index in [0.29, 0.717) is 39.8 Å². The summed E-state index contributed by atoms with van der Waals surface area (Å²) in [5, 5.41) is 15.4. The Bertz CT molecular complexity index is 1620. The van der Waals surface area contributed by atoms with Crippen molar-refractivity contribution in [1.29, 1.82) is 0 Å². The lowest BCUT2D eigenvalue weighted by molar-refractivity contribution is -0.384. The molecule has 0 atom stereocenters. The summed E-state index contributed by atoms with van der Waals surface area (Å²) < 4.78 is 52.7. The van der Waals surface area contributed by atoms with Crippen LogP contribution in [0.1, 0.15) is 22.8 Å². The maximum Gasteiger partial charge on any atom is 0.317 e. The molecule has 0 N–H and O–H groups in total. The number of hydrogen-bond donors (Lipinski definition) is 0. The SMILES string of the molecule is Cc1onc(-c2ccccc2)c1-c1cn(-c2ccc([N+](=O)[O-])cc2)c(COCc2ccc(C(F)(F)CF)nc2)n1. The normalized spacial score (nSPS) is 11.6. The molecule has 204 valence electrons. The molecule has 0 amide bonds. The Morgan fingerprint density at radius 3 is 2.45 bits per heavy atom. The predicted molar refractivity (Wildman–Crippen MR) is 138 cm³/mol. The molecule has 5 aromatic rings. The van der Waals surface area contributed by atoms with Gasteiger partial charge in [-0.1, -0.05) is 41.6 Å². The van der Waals surface area contributed by atoms with Gasteiger partial charge in [-0.2, -0.15) is 8.78 Å². The average Bonchev–Trinajstić information content (AvgIpc) is 3.57. The second-order valence-electron chi connectivity index (χ2n) is 8.90. The van der Waals surface area contributed by atoms with E-state index >= 15 is 0 Å². The van der Waals surface area contributed by atoms with Crippen LogP contribution < -0.4 is 0 Å². The molecule has 0 bridgehead atoms. The van der Waals surface area contributed by atoms with Gasteiger partial charge in [0.25, 0.3) is 5.69 Å². The minimum Gasteiger partial charge on any atom is -0.369 e. The minimum atomic E-state index is -3.65. The van der Waals surface area contributed by atoms with Crippen molar-refractivity contribution >= 4 is 5.69 Å². The van der Waals surface area contributed by atoms with Crippen LogP contribution in [0.2, 0.25) is 0 Å². The van der Waals surface area contributed by atoms with E-state index in [1.807, 2.05) is 30.3 Å². The summed E-state index contributed by atoms with van der Waals surface area (Å²) >= 11 is 0. The molecule has 40 heavy (non-hydrogen) atoms. The molecular formula is C28H22F3N5O4. The number of non-ortho nitro benzene ring substituents is 1. The first-order valence-electron chi connectivity index (χ1n) is 12.1. The molecule has 0 aliphatic heterocycles. The highest BCUT2D eigenvalue weighted by Gasteiger charge is 2.33. The van der Waals surface area contributed by atoms with Gasteiger partial charge in [0.2, 0.25) is 0 Å². The highest BCUT2D eigenvalue weighted by Crippen LogP contribution is 2.34. The molecule has 0 radical (unpaired) electrons. The van der Waals surface area contributed by atoms with Crippen LogP contribution in [-0.4, -0.2) is 31.3 Å². The van der Waals surface area contributed by atoms with Gasteiger partial charge in [0, 0.05) is 35.8 Å². The predicted octanol–water partition coefficient (Wildman–Crippen LogP) is 6.58. The van der Waals surface area contributed by atoms with Crippen LogP contribution in [0.15, 0.2) is 83.6 Å². The van der Waals surface area contributed by atoms with E-state index in [9.17, 15) is 23.3 Å². The molecule has 3 aromatic heterocycles. The maximum atomic E-state index is 13.5. The number of rotatable bonds is 10. The van der Waals surface area contributed by atoms with Gasteiger partial charge in [0.15, 0.2) is 6.67 Å². The Balaban J connectivity index is 1.45. The zero-order valence-corrected chi connectivity index (χ0v) is 21.1. The molecule has 2 aromatic carbocycles. The van der Waals surface area contributed by atoms with Crippen LogP contribution in [-0.2, 0) is 23.9 Å². The number of ether oxygens (including phenoxy) is 1. The fourth-order valence-electron chi connectivity index (χ4n) is 4.12. The van der Waals surface area contributed by atoms with Gasteiger partial charge in [0.05, 0.1) is 22.8 Å². The van der Waals surface area contributed by atoms with Crippen molar-refractivity contribution in [2.45, 2.75) is 26.1 Å². The third-order valence-corrected chi connectivity index (χ3v) is 6.15. The van der Waals surface area contributed by atoms with Crippen molar-refractivity contribution in [3.63, 3.8) is 0 Å². The Morgan fingerprint density at radius 1 is 1.05 bits per heavy atom. The molecule has 0 saturated carbocycles. The van der Waals surface area contributed by atoms with E-state index in [-0.39, 0.29) is 18.9 Å². The Labute approximate surface area is 226 Å². The highest BCUT2D eigenvalue weighted by molar-refractivity contribution is 5.80. The molecular weight excluding hydrogens is 527 g/mol. The summed E-state index contributed by atoms with van der Waals surface area (Å²) in [6, 6.07) is 17.9. The van der Waals surface area contributed by atoms with E-state index in [2.05, 4.69) is 10.1 Å². The number of nitrogens with zero attached hydrogens (tertiary/aromatic N) is 5. The van der Waals surface area contributed by atoms with Crippen molar-refractivity contribution in [3.05, 3.63) is 112 Å². The fraction of sp³-hybridized carbons (Fsp3) is 0.179. The molecule has 0 fully saturated rings. The molecule has 0 saturated heterocycles. The number of halogens is 3. The van der Waals surface area contributed by atoms with E-state index < -0.39 is 23.2 Å². The van der Waals surface area contributed by atoms with Crippen LogP contribution in [0.25, 0.3) is 28.2 Å². The monoisotopic (exact) mass is 549 g/mol. The van der Waals surface area contributed by atoms with Gasteiger partial charge in [-0.25, -0.2) is 9.37 Å². The second-order valence-corrected chi connectivity index (χ2v) is 8.90. The quantitative estimate of drug-likeness (QED) is 0.143. The third-order valence-electron chi connectivity index (χ3n) is 6.15. The number of nitro groups is 1. The number of aromatic nitrogens is 4. The molecule has 0 spiro atoms. The second kappa shape index (κ2) is 11.1. The Hall–Kier alpha value is -4.84. The van der Waals surface area contributed by atoms with Gasteiger partial charge in [-0.3, -0.25) is 15.1 Å². The van der Waals surface area contributed by atoms with Crippen LogP contribution in [0.5, 0.6) is 0 Å². The summed E-state index contributed by atoms with van der Waals surface area (Å²) in [4.78, 5) is 19.1. The largest absolute Gasteiger partial charge is 0.369 e. The number of aryl methyl sites for hydroxylation is 1. The summed E-state index contributed by atoms with van der Waals surface area (Å²) in [6.07, 6.45) is 2.97. The number of alkyl halides is 3. The first kappa shape index (κ1) is 26.8. The Kier molecular flexibility index (Phi) is 7.43. The smallest absolute Gasteiger partial charge is 0.317 e. The molecule has 5 rings (SSSR count). The van der Waals surface area contributed by atoms with Crippen molar-refractivity contribution < 1.29 is 27.4 Å². The van der Waals surface area contributed by atoms with Crippen LogP contribution in [0.3, 0.4) is 0 Å². The summed E-state index contributed by atoms with van der Waals surface area (Å²) in [5.74, 6) is -2.63. The van der Waals surface area contributed by atoms with E-state index in [4.69, 9.17) is 14.2 Å². The summed E-state index contributed by atoms with van der Waals surface area (Å²) in [6.45, 7) is -0.0249. The first-order valence-corrected chi connectivity index (χ1v) is 12.1. The van der Waals surface area contributed by atoms with Crippen molar-refractivity contribution in [2.75, 3.05) is 6.67 Å². The molecule has 0 aliphatic carbocycles. The number of imidazole rings is 1. The number of benzene rings is 2. The van der Waals surface area contributed by atoms with Crippen LogP contribution >= 0.6 is 0 Å². The average molecular weight is 550 g/mol. The van der Waals surface area contributed by atoms with E-state index in [1.165, 1.54) is 24.4 Å². The molecule has 9 nitrogen and oxygen atoms in total. The maximum absolute atomic E-state index is 13.5. The number of nitro benzene ring substituents is 1. The zero-order valence-electron chi connectivity index (χ0n) is 21.1. The summed E-state index contributed by atoms with van der Waals surface area (Å²) in [5.41, 5.74) is 3.08. The molecule has 12 heteroatoms. The minimum absolute atomic E-state index is 0.00434. The van der Waals surface area contributed by atoms with Gasteiger partial charge in [-0.05, 0) is 30.7 Å². The summed E-state index contributed by atoms with van der Waals surface area (Å²) in [7, 11) is 0. The van der Waals surface area contributed by atoms with Gasteiger partial charge in [-0.15, -0.1) is 0 Å². The molecule has 0 aliphatic rings. The highest BCUT2D eigenvalue weighted by atomic mass is 19.3.